The molecule has 3 nitrogen and oxygen atoms in total. The molecule has 88 valence electrons. The first-order valence-corrected chi connectivity index (χ1v) is 5.80. The Morgan fingerprint density at radius 3 is 2.53 bits per heavy atom. The third-order valence-electron chi connectivity index (χ3n) is 2.74. The maximum Gasteiger partial charge on any atom is 0.0603 e. The van der Waals surface area contributed by atoms with Crippen molar-refractivity contribution in [3.63, 3.8) is 0 Å². The molecule has 0 aliphatic heterocycles. The van der Waals surface area contributed by atoms with E-state index in [9.17, 15) is 0 Å². The number of hydrogen-bond donors (Lipinski definition) is 1. The van der Waals surface area contributed by atoms with Gasteiger partial charge in [-0.2, -0.15) is 0 Å². The average Bonchev–Trinajstić information content (AvgIpc) is 2.38. The maximum atomic E-state index is 5.99. The summed E-state index contributed by atoms with van der Waals surface area (Å²) in [7, 11) is 0. The number of pyridine rings is 1. The summed E-state index contributed by atoms with van der Waals surface area (Å²) in [6.45, 7) is 3.81. The van der Waals surface area contributed by atoms with Crippen LogP contribution in [0.25, 0.3) is 0 Å². The van der Waals surface area contributed by atoms with Crippen LogP contribution in [0.4, 0.5) is 11.4 Å². The van der Waals surface area contributed by atoms with Crippen LogP contribution in [-0.2, 0) is 6.54 Å². The molecule has 0 aliphatic rings. The van der Waals surface area contributed by atoms with E-state index in [0.717, 1.165) is 30.2 Å². The molecule has 1 aromatic carbocycles. The van der Waals surface area contributed by atoms with Crippen molar-refractivity contribution in [3.8, 4) is 0 Å². The molecule has 17 heavy (non-hydrogen) atoms. The first kappa shape index (κ1) is 11.5. The van der Waals surface area contributed by atoms with Crippen molar-refractivity contribution >= 4 is 11.4 Å². The van der Waals surface area contributed by atoms with Crippen LogP contribution < -0.4 is 10.6 Å². The van der Waals surface area contributed by atoms with Gasteiger partial charge in [0.1, 0.15) is 0 Å². The van der Waals surface area contributed by atoms with Gasteiger partial charge in [-0.1, -0.05) is 18.2 Å². The van der Waals surface area contributed by atoms with E-state index in [1.54, 1.807) is 0 Å². The minimum Gasteiger partial charge on any atom is -0.397 e. The van der Waals surface area contributed by atoms with Gasteiger partial charge in [0.15, 0.2) is 0 Å². The van der Waals surface area contributed by atoms with Crippen LogP contribution in [0.1, 0.15) is 12.6 Å². The van der Waals surface area contributed by atoms with Crippen LogP contribution in [-0.4, -0.2) is 11.5 Å². The van der Waals surface area contributed by atoms with Gasteiger partial charge in [0.2, 0.25) is 0 Å². The van der Waals surface area contributed by atoms with E-state index in [2.05, 4.69) is 16.8 Å². The first-order valence-electron chi connectivity index (χ1n) is 5.80. The van der Waals surface area contributed by atoms with Gasteiger partial charge in [-0.15, -0.1) is 0 Å². The van der Waals surface area contributed by atoms with Gasteiger partial charge in [-0.05, 0) is 31.2 Å². The molecular weight excluding hydrogens is 210 g/mol. The second-order valence-corrected chi connectivity index (χ2v) is 3.89. The fraction of sp³-hybridized carbons (Fsp3) is 0.214. The van der Waals surface area contributed by atoms with Gasteiger partial charge in [-0.25, -0.2) is 0 Å². The average molecular weight is 227 g/mol. The van der Waals surface area contributed by atoms with Gasteiger partial charge in [0.25, 0.3) is 0 Å². The van der Waals surface area contributed by atoms with Crippen molar-refractivity contribution in [1.29, 1.82) is 0 Å². The molecular formula is C14H17N3. The van der Waals surface area contributed by atoms with Gasteiger partial charge in [0, 0.05) is 12.7 Å². The van der Waals surface area contributed by atoms with Crippen LogP contribution in [0, 0.1) is 0 Å². The monoisotopic (exact) mass is 227 g/mol. The fourth-order valence-electron chi connectivity index (χ4n) is 1.83. The largest absolute Gasteiger partial charge is 0.397 e. The first-order chi connectivity index (χ1) is 8.31. The molecule has 0 fully saturated rings. The van der Waals surface area contributed by atoms with Crippen LogP contribution in [0.3, 0.4) is 0 Å². The predicted molar refractivity (Wildman–Crippen MR) is 71.8 cm³/mol. The SMILES string of the molecule is CCN(Cc1ccccn1)c1ccccc1N. The molecule has 0 saturated carbocycles. The molecule has 2 N–H and O–H groups in total. The molecule has 0 saturated heterocycles. The van der Waals surface area contributed by atoms with E-state index >= 15 is 0 Å². The Balaban J connectivity index is 2.21. The Morgan fingerprint density at radius 1 is 1.12 bits per heavy atom. The lowest BCUT2D eigenvalue weighted by atomic mass is 10.2. The number of hydrogen-bond acceptors (Lipinski definition) is 3. The molecule has 2 aromatic rings. The van der Waals surface area contributed by atoms with Crippen LogP contribution in [0.2, 0.25) is 0 Å². The molecule has 0 bridgehead atoms. The topological polar surface area (TPSA) is 42.2 Å². The molecule has 0 atom stereocenters. The Bertz CT molecular complexity index is 468. The molecule has 0 spiro atoms. The minimum atomic E-state index is 0.783. The lowest BCUT2D eigenvalue weighted by molar-refractivity contribution is 0.811. The lowest BCUT2D eigenvalue weighted by Gasteiger charge is -2.24. The highest BCUT2D eigenvalue weighted by molar-refractivity contribution is 5.67. The van der Waals surface area contributed by atoms with E-state index in [1.165, 1.54) is 0 Å². The third-order valence-corrected chi connectivity index (χ3v) is 2.74. The highest BCUT2D eigenvalue weighted by Gasteiger charge is 2.08. The number of anilines is 2. The number of benzene rings is 1. The Kier molecular flexibility index (Phi) is 3.60. The number of nitrogens with zero attached hydrogens (tertiary/aromatic N) is 2. The standard InChI is InChI=1S/C14H17N3/c1-2-17(11-12-7-5-6-10-16-12)14-9-4-3-8-13(14)15/h3-10H,2,11,15H2,1H3. The smallest absolute Gasteiger partial charge is 0.0603 e. The van der Waals surface area contributed by atoms with Crippen LogP contribution in [0.15, 0.2) is 48.7 Å². The zero-order chi connectivity index (χ0) is 12.1. The molecule has 1 heterocycles. The number of rotatable bonds is 4. The van der Waals surface area contributed by atoms with Crippen molar-refractivity contribution in [1.82, 2.24) is 4.98 Å². The highest BCUT2D eigenvalue weighted by Crippen LogP contribution is 2.23. The summed E-state index contributed by atoms with van der Waals surface area (Å²) in [4.78, 5) is 6.56. The summed E-state index contributed by atoms with van der Waals surface area (Å²) in [5, 5.41) is 0. The van der Waals surface area contributed by atoms with E-state index in [4.69, 9.17) is 5.73 Å². The number of nitrogens with two attached hydrogens (primary N) is 1. The van der Waals surface area contributed by atoms with Gasteiger partial charge in [-0.3, -0.25) is 4.98 Å². The summed E-state index contributed by atoms with van der Waals surface area (Å²) in [5.41, 5.74) is 8.92. The quantitative estimate of drug-likeness (QED) is 0.816. The normalized spacial score (nSPS) is 10.2. The van der Waals surface area contributed by atoms with E-state index in [0.29, 0.717) is 0 Å². The van der Waals surface area contributed by atoms with Gasteiger partial charge < -0.3 is 10.6 Å². The predicted octanol–water partition coefficient (Wildman–Crippen LogP) is 2.69. The molecule has 1 aromatic heterocycles. The molecule has 0 unspecified atom stereocenters. The molecule has 0 amide bonds. The highest BCUT2D eigenvalue weighted by atomic mass is 15.1. The summed E-state index contributed by atoms with van der Waals surface area (Å²) in [6.07, 6.45) is 1.82. The lowest BCUT2D eigenvalue weighted by Crippen LogP contribution is -2.23. The Labute approximate surface area is 102 Å². The molecule has 3 heteroatoms. The Morgan fingerprint density at radius 2 is 1.88 bits per heavy atom. The summed E-state index contributed by atoms with van der Waals surface area (Å²) < 4.78 is 0. The van der Waals surface area contributed by atoms with Crippen LogP contribution in [0.5, 0.6) is 0 Å². The Hall–Kier alpha value is -2.03. The number of aromatic nitrogens is 1. The van der Waals surface area contributed by atoms with E-state index < -0.39 is 0 Å². The summed E-state index contributed by atoms with van der Waals surface area (Å²) in [5.74, 6) is 0. The fourth-order valence-corrected chi connectivity index (χ4v) is 1.83. The second-order valence-electron chi connectivity index (χ2n) is 3.89. The van der Waals surface area contributed by atoms with Crippen molar-refractivity contribution < 1.29 is 0 Å². The maximum absolute atomic E-state index is 5.99. The minimum absolute atomic E-state index is 0.783. The number of para-hydroxylation sites is 2. The molecule has 0 aliphatic carbocycles. The van der Waals surface area contributed by atoms with Gasteiger partial charge in [0.05, 0.1) is 23.6 Å². The van der Waals surface area contributed by atoms with E-state index in [1.807, 2.05) is 48.7 Å². The molecule has 2 rings (SSSR count). The van der Waals surface area contributed by atoms with E-state index in [-0.39, 0.29) is 0 Å². The van der Waals surface area contributed by atoms with Crippen molar-refractivity contribution in [2.75, 3.05) is 17.2 Å². The zero-order valence-corrected chi connectivity index (χ0v) is 10.0. The third kappa shape index (κ3) is 2.75. The second kappa shape index (κ2) is 5.34. The van der Waals surface area contributed by atoms with Crippen molar-refractivity contribution in [2.24, 2.45) is 0 Å². The summed E-state index contributed by atoms with van der Waals surface area (Å²) in [6, 6.07) is 13.9. The summed E-state index contributed by atoms with van der Waals surface area (Å²) >= 11 is 0. The van der Waals surface area contributed by atoms with Crippen molar-refractivity contribution in [2.45, 2.75) is 13.5 Å². The van der Waals surface area contributed by atoms with Crippen molar-refractivity contribution in [3.05, 3.63) is 54.4 Å². The van der Waals surface area contributed by atoms with Gasteiger partial charge >= 0.3 is 0 Å². The van der Waals surface area contributed by atoms with Crippen LogP contribution >= 0.6 is 0 Å². The number of nitrogen functional groups attached to an aromatic ring is 1. The molecule has 0 radical (unpaired) electrons. The zero-order valence-electron chi connectivity index (χ0n) is 10.0.